The molecule has 2 aromatic rings. The number of carbonyl (C=O) groups is 4. The first-order chi connectivity index (χ1) is 26.8. The SMILES string of the molecule is CCOc1cnc(O[C@@H]2C[C@H]3C(=O)C[C@]4(C(=O)NS(=O)(=O)C5(C)CC5)C[C@H]4/C=C\CC[C@@H](C)C[C@@H](C)[C@H](CC(=O)OC(C)(C)C)C(=O)N3C2)c2ccc(OC)cc12. The maximum Gasteiger partial charge on any atom is 0.307 e. The molecule has 0 unspecified atom stereocenters. The maximum atomic E-state index is 14.9. The first-order valence-electron chi connectivity index (χ1n) is 20.3. The van der Waals surface area contributed by atoms with Gasteiger partial charge in [-0.15, -0.1) is 0 Å². The van der Waals surface area contributed by atoms with E-state index in [0.717, 1.165) is 11.8 Å². The lowest BCUT2D eigenvalue weighted by Crippen LogP contribution is -2.48. The number of aromatic nitrogens is 1. The maximum absolute atomic E-state index is 14.9. The molecule has 7 atom stereocenters. The number of hydrogen-bond donors (Lipinski definition) is 1. The summed E-state index contributed by atoms with van der Waals surface area (Å²) in [6.45, 7) is 13.4. The summed E-state index contributed by atoms with van der Waals surface area (Å²) < 4.78 is 51.4. The van der Waals surface area contributed by atoms with E-state index in [-0.39, 0.29) is 55.3 Å². The molecule has 2 aliphatic carbocycles. The van der Waals surface area contributed by atoms with Gasteiger partial charge in [-0.1, -0.05) is 26.0 Å². The minimum atomic E-state index is -3.96. The first-order valence-corrected chi connectivity index (χ1v) is 21.8. The van der Waals surface area contributed by atoms with Crippen molar-refractivity contribution >= 4 is 44.4 Å². The second kappa shape index (κ2) is 16.2. The number of allylic oxidation sites excluding steroid dienone is 2. The molecule has 312 valence electrons. The van der Waals surface area contributed by atoms with Crippen molar-refractivity contribution in [2.75, 3.05) is 20.3 Å². The fourth-order valence-corrected chi connectivity index (χ4v) is 9.80. The number of esters is 1. The molecule has 0 bridgehead atoms. The second-order valence-electron chi connectivity index (χ2n) is 18.0. The predicted octanol–water partition coefficient (Wildman–Crippen LogP) is 6.31. The van der Waals surface area contributed by atoms with Gasteiger partial charge in [-0.2, -0.15) is 0 Å². The summed E-state index contributed by atoms with van der Waals surface area (Å²) in [6, 6.07) is 4.44. The zero-order chi connectivity index (χ0) is 41.5. The van der Waals surface area contributed by atoms with Gasteiger partial charge in [0.2, 0.25) is 27.7 Å². The Hall–Kier alpha value is -4.20. The van der Waals surface area contributed by atoms with Gasteiger partial charge in [-0.3, -0.25) is 23.9 Å². The molecule has 3 heterocycles. The number of benzene rings is 1. The van der Waals surface area contributed by atoms with Crippen molar-refractivity contribution in [3.8, 4) is 17.4 Å². The molecule has 3 fully saturated rings. The van der Waals surface area contributed by atoms with Gasteiger partial charge in [0.15, 0.2) is 5.78 Å². The van der Waals surface area contributed by atoms with Gasteiger partial charge in [-0.05, 0) is 109 Å². The predicted molar refractivity (Wildman–Crippen MR) is 214 cm³/mol. The van der Waals surface area contributed by atoms with Crippen molar-refractivity contribution < 1.29 is 46.5 Å². The van der Waals surface area contributed by atoms with Gasteiger partial charge in [0, 0.05) is 23.6 Å². The van der Waals surface area contributed by atoms with Gasteiger partial charge >= 0.3 is 5.97 Å². The molecule has 14 heteroatoms. The highest BCUT2D eigenvalue weighted by Crippen LogP contribution is 2.58. The number of sulfonamides is 1. The number of ether oxygens (including phenoxy) is 4. The molecule has 2 saturated carbocycles. The number of pyridine rings is 1. The number of methoxy groups -OCH3 is 1. The van der Waals surface area contributed by atoms with Crippen LogP contribution in [0.3, 0.4) is 0 Å². The van der Waals surface area contributed by atoms with Gasteiger partial charge in [0.1, 0.15) is 23.2 Å². The summed E-state index contributed by atoms with van der Waals surface area (Å²) in [6.07, 6.45) is 7.96. The topological polar surface area (TPSA) is 167 Å². The Balaban J connectivity index is 1.36. The second-order valence-corrected chi connectivity index (χ2v) is 20.2. The van der Waals surface area contributed by atoms with Crippen LogP contribution in [0.15, 0.2) is 36.5 Å². The molecular weight excluding hydrogens is 751 g/mol. The van der Waals surface area contributed by atoms with E-state index in [1.807, 2.05) is 38.1 Å². The summed E-state index contributed by atoms with van der Waals surface area (Å²) in [5.41, 5.74) is -2.04. The molecule has 6 rings (SSSR count). The number of fused-ring (bicyclic) bond motifs is 3. The van der Waals surface area contributed by atoms with E-state index >= 15 is 0 Å². The number of carbonyl (C=O) groups excluding carboxylic acids is 4. The van der Waals surface area contributed by atoms with Crippen LogP contribution in [0.2, 0.25) is 0 Å². The molecule has 2 aliphatic heterocycles. The summed E-state index contributed by atoms with van der Waals surface area (Å²) in [4.78, 5) is 63.1. The number of Topliss-reactive ketones (excluding diaryl/α,β-unsaturated/α-hetero) is 1. The quantitative estimate of drug-likeness (QED) is 0.211. The van der Waals surface area contributed by atoms with Crippen LogP contribution in [0, 0.1) is 29.1 Å². The Morgan fingerprint density at radius 2 is 1.82 bits per heavy atom. The van der Waals surface area contributed by atoms with Crippen LogP contribution in [0.4, 0.5) is 0 Å². The molecule has 1 aromatic heterocycles. The van der Waals surface area contributed by atoms with Crippen molar-refractivity contribution in [2.45, 2.75) is 129 Å². The molecule has 1 N–H and O–H groups in total. The zero-order valence-electron chi connectivity index (χ0n) is 34.6. The lowest BCUT2D eigenvalue weighted by Gasteiger charge is -2.32. The average molecular weight is 810 g/mol. The number of nitrogens with one attached hydrogen (secondary N) is 1. The number of hydrogen-bond acceptors (Lipinski definition) is 11. The van der Waals surface area contributed by atoms with Crippen LogP contribution >= 0.6 is 0 Å². The van der Waals surface area contributed by atoms with E-state index in [9.17, 15) is 27.6 Å². The zero-order valence-corrected chi connectivity index (χ0v) is 35.4. The van der Waals surface area contributed by atoms with Crippen molar-refractivity contribution in [3.05, 3.63) is 36.5 Å². The minimum Gasteiger partial charge on any atom is -0.497 e. The highest BCUT2D eigenvalue weighted by molar-refractivity contribution is 7.91. The lowest BCUT2D eigenvalue weighted by atomic mass is 9.82. The number of ketones is 1. The van der Waals surface area contributed by atoms with E-state index in [2.05, 4.69) is 16.6 Å². The van der Waals surface area contributed by atoms with Gasteiger partial charge in [0.25, 0.3) is 0 Å². The molecule has 1 aromatic carbocycles. The molecule has 1 saturated heterocycles. The van der Waals surface area contributed by atoms with Crippen molar-refractivity contribution in [1.29, 1.82) is 0 Å². The van der Waals surface area contributed by atoms with Gasteiger partial charge in [0.05, 0.1) is 55.0 Å². The van der Waals surface area contributed by atoms with Crippen LogP contribution in [-0.2, 0) is 33.9 Å². The highest BCUT2D eigenvalue weighted by atomic mass is 32.2. The summed E-state index contributed by atoms with van der Waals surface area (Å²) in [5.74, 6) is -1.60. The Bertz CT molecular complexity index is 2020. The first kappa shape index (κ1) is 42.4. The largest absolute Gasteiger partial charge is 0.497 e. The summed E-state index contributed by atoms with van der Waals surface area (Å²) in [5, 5.41) is 1.38. The van der Waals surface area contributed by atoms with Crippen molar-refractivity contribution in [1.82, 2.24) is 14.6 Å². The van der Waals surface area contributed by atoms with Crippen molar-refractivity contribution in [3.63, 3.8) is 0 Å². The Morgan fingerprint density at radius 1 is 1.09 bits per heavy atom. The molecule has 0 radical (unpaired) electrons. The van der Waals surface area contributed by atoms with E-state index in [0.29, 0.717) is 61.5 Å². The summed E-state index contributed by atoms with van der Waals surface area (Å²) in [7, 11) is -2.39. The molecule has 13 nitrogen and oxygen atoms in total. The fourth-order valence-electron chi connectivity index (χ4n) is 8.47. The fraction of sp³-hybridized carbons (Fsp3) is 0.651. The van der Waals surface area contributed by atoms with E-state index in [4.69, 9.17) is 18.9 Å². The Kier molecular flexibility index (Phi) is 12.1. The van der Waals surface area contributed by atoms with Crippen LogP contribution in [0.25, 0.3) is 10.8 Å². The third kappa shape index (κ3) is 9.26. The summed E-state index contributed by atoms with van der Waals surface area (Å²) >= 11 is 0. The number of rotatable bonds is 10. The Labute approximate surface area is 336 Å². The van der Waals surface area contributed by atoms with Gasteiger partial charge < -0.3 is 23.8 Å². The van der Waals surface area contributed by atoms with Crippen LogP contribution < -0.4 is 18.9 Å². The smallest absolute Gasteiger partial charge is 0.307 e. The van der Waals surface area contributed by atoms with Gasteiger partial charge in [-0.25, -0.2) is 13.4 Å². The molecule has 4 aliphatic rings. The van der Waals surface area contributed by atoms with E-state index in [1.54, 1.807) is 47.1 Å². The van der Waals surface area contributed by atoms with Crippen molar-refractivity contribution in [2.24, 2.45) is 29.1 Å². The monoisotopic (exact) mass is 809 g/mol. The minimum absolute atomic E-state index is 0.0319. The third-order valence-electron chi connectivity index (χ3n) is 12.2. The molecule has 2 amide bonds. The van der Waals surface area contributed by atoms with Crippen LogP contribution in [-0.4, -0.2) is 84.6 Å². The number of amides is 2. The van der Waals surface area contributed by atoms with Crippen LogP contribution in [0.1, 0.15) is 106 Å². The van der Waals surface area contributed by atoms with E-state index in [1.165, 1.54) is 4.90 Å². The standard InChI is InChI=1S/C43H59N3O10S/c1-9-54-36-24-44-38(31-15-14-29(53-8)19-33(31)36)55-30-20-34-35(47)23-43(40(50)45-57(51,52)42(7)16-17-42)22-28(43)13-11-10-12-26(2)18-27(3)32(39(49)46(34)25-30)21-37(48)56-41(4,5)6/h11,13-15,19,24,26-28,30,32,34H,9-10,12,16-18,20-23,25H2,1-8H3,(H,45,50)/b13-11-/t26-,27-,28-,30-,32+,34+,43-/m1/s1. The van der Waals surface area contributed by atoms with E-state index < -0.39 is 55.7 Å². The Morgan fingerprint density at radius 3 is 2.49 bits per heavy atom. The molecular formula is C43H59N3O10S. The lowest BCUT2D eigenvalue weighted by molar-refractivity contribution is -0.160. The van der Waals surface area contributed by atoms with Crippen LogP contribution in [0.5, 0.6) is 17.4 Å². The normalized spacial score (nSPS) is 29.6. The number of nitrogens with zero attached hydrogens (tertiary/aromatic N) is 2. The highest BCUT2D eigenvalue weighted by Gasteiger charge is 2.62. The third-order valence-corrected chi connectivity index (χ3v) is 14.4. The molecule has 0 spiro atoms. The average Bonchev–Trinajstić information content (AvgIpc) is 4.02. The molecule has 57 heavy (non-hydrogen) atoms.